The molecule has 7 unspecified atom stereocenters. The maximum Gasteiger partial charge on any atom is 0.0876 e. The minimum Gasteiger partial charge on any atom is -0.378 e. The summed E-state index contributed by atoms with van der Waals surface area (Å²) in [6.07, 6.45) is 7.22. The zero-order valence-corrected chi connectivity index (χ0v) is 9.39. The first-order valence-electron chi connectivity index (χ1n) is 6.65. The Morgan fingerprint density at radius 3 is 3.00 bits per heavy atom. The molecule has 2 nitrogen and oxygen atoms in total. The molecule has 7 atom stereocenters. The molecule has 4 fully saturated rings. The normalized spacial score (nSPS) is 59.4. The molecule has 2 bridgehead atoms. The lowest BCUT2D eigenvalue weighted by molar-refractivity contribution is -0.0223. The standard InChI is InChI=1S/C13H20O2/c1-2-3-14-10-5-7-4-9(10)12-8(7)6-11-13(12)15-11/h7-13H,2-6H2,1H3. The van der Waals surface area contributed by atoms with Crippen LogP contribution in [0.1, 0.15) is 32.6 Å². The molecule has 3 aliphatic carbocycles. The van der Waals surface area contributed by atoms with Gasteiger partial charge in [-0.3, -0.25) is 0 Å². The molecule has 1 heterocycles. The summed E-state index contributed by atoms with van der Waals surface area (Å²) in [5.74, 6) is 3.73. The molecule has 0 amide bonds. The fourth-order valence-corrected chi connectivity index (χ4v) is 4.71. The maximum atomic E-state index is 6.01. The lowest BCUT2D eigenvalue weighted by Crippen LogP contribution is -2.33. The van der Waals surface area contributed by atoms with Gasteiger partial charge in [0.1, 0.15) is 0 Å². The van der Waals surface area contributed by atoms with Crippen LogP contribution in [0, 0.1) is 23.7 Å². The van der Waals surface area contributed by atoms with Crippen molar-refractivity contribution in [2.24, 2.45) is 23.7 Å². The van der Waals surface area contributed by atoms with E-state index in [1.807, 2.05) is 0 Å². The zero-order chi connectivity index (χ0) is 9.99. The number of epoxide rings is 1. The Labute approximate surface area is 91.3 Å². The molecule has 2 heteroatoms. The molecule has 15 heavy (non-hydrogen) atoms. The smallest absolute Gasteiger partial charge is 0.0876 e. The van der Waals surface area contributed by atoms with Crippen LogP contribution in [0.25, 0.3) is 0 Å². The zero-order valence-electron chi connectivity index (χ0n) is 9.39. The molecule has 0 radical (unpaired) electrons. The van der Waals surface area contributed by atoms with E-state index in [1.54, 1.807) is 0 Å². The Morgan fingerprint density at radius 2 is 2.13 bits per heavy atom. The lowest BCUT2D eigenvalue weighted by Gasteiger charge is -2.32. The number of fused-ring (bicyclic) bond motifs is 7. The first-order chi connectivity index (χ1) is 7.38. The monoisotopic (exact) mass is 208 g/mol. The van der Waals surface area contributed by atoms with Gasteiger partial charge < -0.3 is 9.47 Å². The van der Waals surface area contributed by atoms with Crippen LogP contribution in [-0.4, -0.2) is 24.9 Å². The second kappa shape index (κ2) is 2.98. The molecule has 4 aliphatic rings. The van der Waals surface area contributed by atoms with Gasteiger partial charge in [0, 0.05) is 6.61 Å². The van der Waals surface area contributed by atoms with Gasteiger partial charge in [-0.2, -0.15) is 0 Å². The predicted molar refractivity (Wildman–Crippen MR) is 56.5 cm³/mol. The van der Waals surface area contributed by atoms with E-state index < -0.39 is 0 Å². The SMILES string of the molecule is CCCOC1CC2CC1C1C2CC2OC21. The average molecular weight is 208 g/mol. The molecule has 0 spiro atoms. The van der Waals surface area contributed by atoms with Gasteiger partial charge in [-0.1, -0.05) is 6.92 Å². The first-order valence-corrected chi connectivity index (χ1v) is 6.65. The van der Waals surface area contributed by atoms with Crippen LogP contribution >= 0.6 is 0 Å². The van der Waals surface area contributed by atoms with Crippen molar-refractivity contribution in [3.63, 3.8) is 0 Å². The van der Waals surface area contributed by atoms with E-state index in [0.717, 1.165) is 36.7 Å². The average Bonchev–Trinajstić information content (AvgIpc) is 2.65. The molecule has 1 aliphatic heterocycles. The molecular weight excluding hydrogens is 188 g/mol. The topological polar surface area (TPSA) is 21.8 Å². The summed E-state index contributed by atoms with van der Waals surface area (Å²) in [6.45, 7) is 3.16. The predicted octanol–water partition coefficient (Wildman–Crippen LogP) is 2.22. The van der Waals surface area contributed by atoms with Crippen LogP contribution < -0.4 is 0 Å². The summed E-state index contributed by atoms with van der Waals surface area (Å²) in [4.78, 5) is 0. The van der Waals surface area contributed by atoms with E-state index in [0.29, 0.717) is 18.3 Å². The molecule has 3 saturated carbocycles. The largest absolute Gasteiger partial charge is 0.378 e. The molecule has 1 saturated heterocycles. The minimum atomic E-state index is 0.583. The Morgan fingerprint density at radius 1 is 1.20 bits per heavy atom. The van der Waals surface area contributed by atoms with Gasteiger partial charge in [0.2, 0.25) is 0 Å². The van der Waals surface area contributed by atoms with Crippen LogP contribution in [0.15, 0.2) is 0 Å². The van der Waals surface area contributed by atoms with Crippen LogP contribution in [0.4, 0.5) is 0 Å². The fourth-order valence-electron chi connectivity index (χ4n) is 4.71. The third kappa shape index (κ3) is 1.13. The number of rotatable bonds is 3. The summed E-state index contributed by atoms with van der Waals surface area (Å²) < 4.78 is 11.7. The van der Waals surface area contributed by atoms with Crippen LogP contribution in [0.2, 0.25) is 0 Å². The summed E-state index contributed by atoms with van der Waals surface area (Å²) in [6, 6.07) is 0. The van der Waals surface area contributed by atoms with Gasteiger partial charge in [0.25, 0.3) is 0 Å². The minimum absolute atomic E-state index is 0.583. The molecule has 0 aromatic carbocycles. The number of ether oxygens (including phenoxy) is 2. The van der Waals surface area contributed by atoms with E-state index in [9.17, 15) is 0 Å². The molecular formula is C13H20O2. The van der Waals surface area contributed by atoms with Gasteiger partial charge in [0.15, 0.2) is 0 Å². The van der Waals surface area contributed by atoms with Gasteiger partial charge in [0.05, 0.1) is 18.3 Å². The molecule has 84 valence electrons. The Kier molecular flexibility index (Phi) is 1.79. The van der Waals surface area contributed by atoms with Crippen molar-refractivity contribution in [1.29, 1.82) is 0 Å². The fraction of sp³-hybridized carbons (Fsp3) is 1.00. The highest BCUT2D eigenvalue weighted by molar-refractivity contribution is 5.14. The van der Waals surface area contributed by atoms with Crippen LogP contribution in [-0.2, 0) is 9.47 Å². The van der Waals surface area contributed by atoms with Gasteiger partial charge in [-0.15, -0.1) is 0 Å². The molecule has 0 aromatic heterocycles. The molecule has 4 rings (SSSR count). The number of hydrogen-bond donors (Lipinski definition) is 0. The molecule has 0 N–H and O–H groups in total. The van der Waals surface area contributed by atoms with E-state index in [1.165, 1.54) is 19.3 Å². The summed E-state index contributed by atoms with van der Waals surface area (Å²) in [5, 5.41) is 0. The Bertz CT molecular complexity index is 278. The van der Waals surface area contributed by atoms with Crippen molar-refractivity contribution in [2.45, 2.75) is 50.9 Å². The number of hydrogen-bond acceptors (Lipinski definition) is 2. The van der Waals surface area contributed by atoms with E-state index in [-0.39, 0.29) is 0 Å². The summed E-state index contributed by atoms with van der Waals surface area (Å²) >= 11 is 0. The van der Waals surface area contributed by atoms with Crippen molar-refractivity contribution < 1.29 is 9.47 Å². The van der Waals surface area contributed by atoms with Crippen LogP contribution in [0.5, 0.6) is 0 Å². The maximum absolute atomic E-state index is 6.01. The Balaban J connectivity index is 1.50. The highest BCUT2D eigenvalue weighted by Gasteiger charge is 2.66. The van der Waals surface area contributed by atoms with Crippen LogP contribution in [0.3, 0.4) is 0 Å². The van der Waals surface area contributed by atoms with Crippen molar-refractivity contribution in [2.75, 3.05) is 6.61 Å². The second-order valence-corrected chi connectivity index (χ2v) is 5.92. The van der Waals surface area contributed by atoms with Gasteiger partial charge in [-0.05, 0) is 49.4 Å². The van der Waals surface area contributed by atoms with Crippen molar-refractivity contribution in [3.05, 3.63) is 0 Å². The first kappa shape index (κ1) is 9.00. The van der Waals surface area contributed by atoms with Gasteiger partial charge >= 0.3 is 0 Å². The van der Waals surface area contributed by atoms with Crippen molar-refractivity contribution in [3.8, 4) is 0 Å². The Hall–Kier alpha value is -0.0800. The molecule has 0 aromatic rings. The van der Waals surface area contributed by atoms with E-state index in [4.69, 9.17) is 9.47 Å². The second-order valence-electron chi connectivity index (χ2n) is 5.92. The van der Waals surface area contributed by atoms with E-state index in [2.05, 4.69) is 6.92 Å². The summed E-state index contributed by atoms with van der Waals surface area (Å²) in [7, 11) is 0. The van der Waals surface area contributed by atoms with E-state index >= 15 is 0 Å². The summed E-state index contributed by atoms with van der Waals surface area (Å²) in [5.41, 5.74) is 0. The van der Waals surface area contributed by atoms with Crippen molar-refractivity contribution >= 4 is 0 Å². The third-order valence-corrected chi connectivity index (χ3v) is 5.22. The highest BCUT2D eigenvalue weighted by Crippen LogP contribution is 2.64. The third-order valence-electron chi connectivity index (χ3n) is 5.22. The van der Waals surface area contributed by atoms with Crippen molar-refractivity contribution in [1.82, 2.24) is 0 Å². The highest BCUT2D eigenvalue weighted by atomic mass is 16.6. The van der Waals surface area contributed by atoms with Gasteiger partial charge in [-0.25, -0.2) is 0 Å². The quantitative estimate of drug-likeness (QED) is 0.663. The lowest BCUT2D eigenvalue weighted by atomic mass is 9.79.